The smallest absolute Gasteiger partial charge is 0.234 e. The Balaban J connectivity index is 1.44. The highest BCUT2D eigenvalue weighted by Gasteiger charge is 2.12. The molecule has 0 atom stereocenters. The Morgan fingerprint density at radius 2 is 1.86 bits per heavy atom. The normalized spacial score (nSPS) is 11.0. The molecule has 0 saturated carbocycles. The molecule has 0 aliphatic carbocycles. The maximum atomic E-state index is 12.2. The Bertz CT molecular complexity index is 1140. The lowest BCUT2D eigenvalue weighted by Gasteiger charge is -2.05. The largest absolute Gasteiger partial charge is 0.435 e. The second kappa shape index (κ2) is 8.84. The van der Waals surface area contributed by atoms with Gasteiger partial charge in [-0.25, -0.2) is 4.98 Å². The molecule has 1 heterocycles. The molecule has 1 amide bonds. The number of carbonyl (C=O) groups excluding carboxylic acids is 1. The maximum Gasteiger partial charge on any atom is 0.234 e. The van der Waals surface area contributed by atoms with Gasteiger partial charge in [-0.1, -0.05) is 25.1 Å². The Labute approximate surface area is 181 Å². The van der Waals surface area contributed by atoms with Crippen LogP contribution >= 0.6 is 27.7 Å². The molecule has 0 spiro atoms. The fourth-order valence-electron chi connectivity index (χ4n) is 2.93. The van der Waals surface area contributed by atoms with E-state index in [2.05, 4.69) is 39.2 Å². The molecular formula is C23H19BrN2O2S. The number of anilines is 1. The van der Waals surface area contributed by atoms with Gasteiger partial charge in [0.15, 0.2) is 5.58 Å². The summed E-state index contributed by atoms with van der Waals surface area (Å²) in [5, 5.41) is 2.92. The molecule has 3 aromatic carbocycles. The highest BCUT2D eigenvalue weighted by atomic mass is 79.9. The molecule has 29 heavy (non-hydrogen) atoms. The lowest BCUT2D eigenvalue weighted by molar-refractivity contribution is -0.113. The van der Waals surface area contributed by atoms with E-state index in [-0.39, 0.29) is 5.91 Å². The molecule has 0 radical (unpaired) electrons. The van der Waals surface area contributed by atoms with Crippen molar-refractivity contribution in [2.75, 3.05) is 11.1 Å². The van der Waals surface area contributed by atoms with E-state index < -0.39 is 0 Å². The number of nitrogens with zero attached hydrogens (tertiary/aromatic N) is 1. The number of nitrogens with one attached hydrogen (secondary N) is 1. The predicted octanol–water partition coefficient (Wildman–Crippen LogP) is 6.55. The molecule has 0 unspecified atom stereocenters. The van der Waals surface area contributed by atoms with Crippen molar-refractivity contribution >= 4 is 50.4 Å². The van der Waals surface area contributed by atoms with Crippen molar-refractivity contribution in [1.29, 1.82) is 0 Å². The van der Waals surface area contributed by atoms with Crippen molar-refractivity contribution in [3.8, 4) is 11.5 Å². The van der Waals surface area contributed by atoms with Gasteiger partial charge < -0.3 is 9.73 Å². The fourth-order valence-corrected chi connectivity index (χ4v) is 4.23. The Morgan fingerprint density at radius 1 is 1.10 bits per heavy atom. The maximum absolute atomic E-state index is 12.2. The minimum atomic E-state index is -0.0375. The summed E-state index contributed by atoms with van der Waals surface area (Å²) in [6.45, 7) is 2.11. The van der Waals surface area contributed by atoms with Crippen molar-refractivity contribution in [2.45, 2.75) is 18.2 Å². The summed E-state index contributed by atoms with van der Waals surface area (Å²) in [6, 6.07) is 21.5. The second-order valence-corrected chi connectivity index (χ2v) is 8.43. The number of halogens is 1. The van der Waals surface area contributed by atoms with Gasteiger partial charge in [-0.2, -0.15) is 0 Å². The van der Waals surface area contributed by atoms with E-state index in [1.807, 2.05) is 60.7 Å². The molecule has 0 aliphatic rings. The Hall–Kier alpha value is -2.57. The van der Waals surface area contributed by atoms with E-state index in [0.29, 0.717) is 11.6 Å². The second-order valence-electron chi connectivity index (χ2n) is 6.53. The van der Waals surface area contributed by atoms with Gasteiger partial charge in [-0.05, 0) is 76.4 Å². The first kappa shape index (κ1) is 19.7. The number of benzene rings is 3. The molecule has 4 aromatic rings. The van der Waals surface area contributed by atoms with Gasteiger partial charge in [0.1, 0.15) is 5.52 Å². The lowest BCUT2D eigenvalue weighted by atomic mass is 10.1. The molecule has 0 fully saturated rings. The van der Waals surface area contributed by atoms with Crippen molar-refractivity contribution in [3.05, 3.63) is 76.8 Å². The first-order valence-corrected chi connectivity index (χ1v) is 11.1. The number of thioether (sulfide) groups is 1. The number of amides is 1. The number of carbonyl (C=O) groups is 1. The molecule has 0 bridgehead atoms. The zero-order valence-electron chi connectivity index (χ0n) is 15.8. The first-order valence-electron chi connectivity index (χ1n) is 9.29. The summed E-state index contributed by atoms with van der Waals surface area (Å²) in [4.78, 5) is 17.9. The number of hydrogen-bond donors (Lipinski definition) is 1. The molecular weight excluding hydrogens is 448 g/mol. The predicted molar refractivity (Wildman–Crippen MR) is 122 cm³/mol. The molecule has 4 rings (SSSR count). The van der Waals surface area contributed by atoms with Crippen molar-refractivity contribution in [1.82, 2.24) is 4.98 Å². The van der Waals surface area contributed by atoms with E-state index in [4.69, 9.17) is 4.42 Å². The highest BCUT2D eigenvalue weighted by Crippen LogP contribution is 2.31. The van der Waals surface area contributed by atoms with Crippen molar-refractivity contribution in [3.63, 3.8) is 0 Å². The molecule has 1 N–H and O–H groups in total. The molecule has 146 valence electrons. The minimum absolute atomic E-state index is 0.0375. The first-order chi connectivity index (χ1) is 14.1. The van der Waals surface area contributed by atoms with Crippen molar-refractivity contribution < 1.29 is 9.21 Å². The monoisotopic (exact) mass is 466 g/mol. The van der Waals surface area contributed by atoms with Crippen LogP contribution in [0.3, 0.4) is 0 Å². The molecule has 4 nitrogen and oxygen atoms in total. The number of oxazole rings is 1. The third-order valence-electron chi connectivity index (χ3n) is 4.44. The number of aryl methyl sites for hydroxylation is 1. The van der Waals surface area contributed by atoms with Crippen LogP contribution in [0.1, 0.15) is 12.5 Å². The van der Waals surface area contributed by atoms with Gasteiger partial charge in [-0.3, -0.25) is 4.79 Å². The van der Waals surface area contributed by atoms with E-state index in [1.165, 1.54) is 17.3 Å². The summed E-state index contributed by atoms with van der Waals surface area (Å²) in [7, 11) is 0. The molecule has 0 saturated heterocycles. The molecule has 6 heteroatoms. The van der Waals surface area contributed by atoms with Crippen LogP contribution in [0.2, 0.25) is 0 Å². The van der Waals surface area contributed by atoms with E-state index in [9.17, 15) is 4.79 Å². The van der Waals surface area contributed by atoms with Gasteiger partial charge in [0.05, 0.1) is 10.2 Å². The van der Waals surface area contributed by atoms with Crippen LogP contribution in [0.5, 0.6) is 0 Å². The van der Waals surface area contributed by atoms with E-state index in [0.717, 1.165) is 38.1 Å². The summed E-state index contributed by atoms with van der Waals surface area (Å²) >= 11 is 5.07. The standard InChI is InChI=1S/C23H19BrN2O2S/c1-2-15-12-19(24)22-20(13-15)26-23(28-22)16-8-10-17(11-9-16)25-21(27)14-29-18-6-4-3-5-7-18/h3-13H,2,14H2,1H3,(H,25,27). The number of hydrogen-bond acceptors (Lipinski definition) is 4. The average molecular weight is 467 g/mol. The summed E-state index contributed by atoms with van der Waals surface area (Å²) < 4.78 is 6.85. The van der Waals surface area contributed by atoms with Gasteiger partial charge >= 0.3 is 0 Å². The van der Waals surface area contributed by atoms with Gasteiger partial charge in [-0.15, -0.1) is 11.8 Å². The van der Waals surface area contributed by atoms with E-state index >= 15 is 0 Å². The third kappa shape index (κ3) is 4.71. The number of rotatable bonds is 6. The zero-order chi connectivity index (χ0) is 20.2. The Morgan fingerprint density at radius 3 is 2.59 bits per heavy atom. The van der Waals surface area contributed by atoms with Gasteiger partial charge in [0.2, 0.25) is 11.8 Å². The third-order valence-corrected chi connectivity index (χ3v) is 6.04. The SMILES string of the molecule is CCc1cc(Br)c2oc(-c3ccc(NC(=O)CSc4ccccc4)cc3)nc2c1. The summed E-state index contributed by atoms with van der Waals surface area (Å²) in [5.74, 6) is 0.890. The van der Waals surface area contributed by atoms with Crippen LogP contribution in [0.15, 0.2) is 80.5 Å². The topological polar surface area (TPSA) is 55.1 Å². The van der Waals surface area contributed by atoms with E-state index in [1.54, 1.807) is 0 Å². The molecule has 1 aromatic heterocycles. The van der Waals surface area contributed by atoms with Crippen LogP contribution in [-0.2, 0) is 11.2 Å². The van der Waals surface area contributed by atoms with Crippen LogP contribution in [0.4, 0.5) is 5.69 Å². The fraction of sp³-hybridized carbons (Fsp3) is 0.130. The average Bonchev–Trinajstić information content (AvgIpc) is 3.18. The Kier molecular flexibility index (Phi) is 6.02. The van der Waals surface area contributed by atoms with Crippen LogP contribution in [0, 0.1) is 0 Å². The number of fused-ring (bicyclic) bond motifs is 1. The number of aromatic nitrogens is 1. The quantitative estimate of drug-likeness (QED) is 0.327. The highest BCUT2D eigenvalue weighted by molar-refractivity contribution is 9.10. The van der Waals surface area contributed by atoms with Crippen LogP contribution < -0.4 is 5.32 Å². The van der Waals surface area contributed by atoms with Crippen LogP contribution in [0.25, 0.3) is 22.6 Å². The van der Waals surface area contributed by atoms with Gasteiger partial charge in [0.25, 0.3) is 0 Å². The minimum Gasteiger partial charge on any atom is -0.435 e. The summed E-state index contributed by atoms with van der Waals surface area (Å²) in [5.41, 5.74) is 4.39. The van der Waals surface area contributed by atoms with Gasteiger partial charge in [0, 0.05) is 16.1 Å². The summed E-state index contributed by atoms with van der Waals surface area (Å²) in [6.07, 6.45) is 0.938. The van der Waals surface area contributed by atoms with Crippen LogP contribution in [-0.4, -0.2) is 16.6 Å². The lowest BCUT2D eigenvalue weighted by Crippen LogP contribution is -2.13. The zero-order valence-corrected chi connectivity index (χ0v) is 18.2. The molecule has 0 aliphatic heterocycles. The van der Waals surface area contributed by atoms with Crippen molar-refractivity contribution in [2.24, 2.45) is 0 Å².